The fourth-order valence-corrected chi connectivity index (χ4v) is 3.93. The van der Waals surface area contributed by atoms with Crippen molar-refractivity contribution in [1.29, 1.82) is 0 Å². The molecule has 0 fully saturated rings. The van der Waals surface area contributed by atoms with Gasteiger partial charge in [-0.15, -0.1) is 11.3 Å². The van der Waals surface area contributed by atoms with E-state index < -0.39 is 10.0 Å². The number of hydrogen-bond acceptors (Lipinski definition) is 5. The number of H-pyrrole nitrogens is 1. The normalized spacial score (nSPS) is 12.2. The lowest BCUT2D eigenvalue weighted by Gasteiger charge is -2.13. The summed E-state index contributed by atoms with van der Waals surface area (Å²) in [5.74, 6) is 0.518. The van der Waals surface area contributed by atoms with Crippen molar-refractivity contribution in [3.05, 3.63) is 29.2 Å². The number of thiophene rings is 1. The van der Waals surface area contributed by atoms with E-state index in [1.165, 1.54) is 29.0 Å². The first-order valence-electron chi connectivity index (χ1n) is 4.87. The molecule has 0 radical (unpaired) electrons. The highest BCUT2D eigenvalue weighted by Gasteiger charge is 2.23. The Labute approximate surface area is 103 Å². The van der Waals surface area contributed by atoms with Crippen LogP contribution in [0.5, 0.6) is 0 Å². The lowest BCUT2D eigenvalue weighted by atomic mass is 10.5. The summed E-state index contributed by atoms with van der Waals surface area (Å²) in [6, 6.07) is 3.41. The zero-order valence-electron chi connectivity index (χ0n) is 9.41. The molecule has 0 amide bonds. The van der Waals surface area contributed by atoms with Crippen LogP contribution in [0.25, 0.3) is 0 Å². The molecular weight excluding hydrogens is 260 g/mol. The average molecular weight is 272 g/mol. The maximum absolute atomic E-state index is 12.1. The molecule has 2 aromatic heterocycles. The molecule has 0 aliphatic carbocycles. The molecule has 2 heterocycles. The summed E-state index contributed by atoms with van der Waals surface area (Å²) in [6.45, 7) is 2.05. The minimum atomic E-state index is -3.43. The van der Waals surface area contributed by atoms with Crippen molar-refractivity contribution >= 4 is 21.4 Å². The lowest BCUT2D eigenvalue weighted by Crippen LogP contribution is -2.26. The molecule has 0 aliphatic heterocycles. The largest absolute Gasteiger partial charge is 0.262 e. The molecule has 6 nitrogen and oxygen atoms in total. The Morgan fingerprint density at radius 1 is 1.47 bits per heavy atom. The van der Waals surface area contributed by atoms with E-state index >= 15 is 0 Å². The molecule has 17 heavy (non-hydrogen) atoms. The van der Waals surface area contributed by atoms with Gasteiger partial charge >= 0.3 is 0 Å². The fraction of sp³-hybridized carbons (Fsp3) is 0.333. The average Bonchev–Trinajstić information content (AvgIpc) is 2.89. The summed E-state index contributed by atoms with van der Waals surface area (Å²) >= 11 is 1.26. The minimum absolute atomic E-state index is 0.180. The number of rotatable bonds is 4. The van der Waals surface area contributed by atoms with Crippen molar-refractivity contribution in [2.24, 2.45) is 0 Å². The molecule has 2 aromatic rings. The second-order valence-corrected chi connectivity index (χ2v) is 7.12. The number of hydrogen-bond donors (Lipinski definition) is 1. The third-order valence-electron chi connectivity index (χ3n) is 2.22. The van der Waals surface area contributed by atoms with Crippen LogP contribution in [0.3, 0.4) is 0 Å². The third-order valence-corrected chi connectivity index (χ3v) is 5.49. The molecule has 92 valence electrons. The van der Waals surface area contributed by atoms with Gasteiger partial charge in [-0.3, -0.25) is 5.10 Å². The first-order chi connectivity index (χ1) is 8.00. The summed E-state index contributed by atoms with van der Waals surface area (Å²) in [5, 5.41) is 6.31. The van der Waals surface area contributed by atoms with Crippen molar-refractivity contribution in [1.82, 2.24) is 19.5 Å². The van der Waals surface area contributed by atoms with Gasteiger partial charge in [0.1, 0.15) is 16.4 Å². The van der Waals surface area contributed by atoms with Gasteiger partial charge in [-0.2, -0.15) is 9.40 Å². The number of aryl methyl sites for hydroxylation is 1. The summed E-state index contributed by atoms with van der Waals surface area (Å²) in [6.07, 6.45) is 1.35. The maximum Gasteiger partial charge on any atom is 0.252 e. The van der Waals surface area contributed by atoms with E-state index in [1.54, 1.807) is 12.1 Å². The van der Waals surface area contributed by atoms with Crippen molar-refractivity contribution in [3.8, 4) is 0 Å². The van der Waals surface area contributed by atoms with E-state index in [9.17, 15) is 8.42 Å². The molecule has 0 aromatic carbocycles. The van der Waals surface area contributed by atoms with Crippen LogP contribution in [-0.2, 0) is 16.6 Å². The molecule has 8 heteroatoms. The van der Waals surface area contributed by atoms with E-state index in [0.717, 1.165) is 4.88 Å². The van der Waals surface area contributed by atoms with Crippen LogP contribution in [0.4, 0.5) is 0 Å². The topological polar surface area (TPSA) is 79.0 Å². The first-order valence-corrected chi connectivity index (χ1v) is 7.13. The van der Waals surface area contributed by atoms with Crippen LogP contribution in [-0.4, -0.2) is 35.0 Å². The van der Waals surface area contributed by atoms with E-state index in [1.807, 2.05) is 6.92 Å². The van der Waals surface area contributed by atoms with Gasteiger partial charge in [-0.25, -0.2) is 13.4 Å². The molecule has 0 saturated carbocycles. The van der Waals surface area contributed by atoms with Crippen LogP contribution in [0.2, 0.25) is 0 Å². The second-order valence-electron chi connectivity index (χ2n) is 3.56. The minimum Gasteiger partial charge on any atom is -0.262 e. The van der Waals surface area contributed by atoms with Crippen molar-refractivity contribution in [3.63, 3.8) is 0 Å². The molecule has 2 rings (SSSR count). The molecule has 1 N–H and O–H groups in total. The van der Waals surface area contributed by atoms with E-state index in [2.05, 4.69) is 15.2 Å². The van der Waals surface area contributed by atoms with Crippen LogP contribution in [0.15, 0.2) is 22.7 Å². The van der Waals surface area contributed by atoms with E-state index in [4.69, 9.17) is 0 Å². The number of nitrogens with zero attached hydrogens (tertiary/aromatic N) is 3. The Morgan fingerprint density at radius 2 is 2.24 bits per heavy atom. The highest BCUT2D eigenvalue weighted by Crippen LogP contribution is 2.23. The number of nitrogens with one attached hydrogen (secondary N) is 1. The monoisotopic (exact) mass is 272 g/mol. The Morgan fingerprint density at radius 3 is 2.76 bits per heavy atom. The van der Waals surface area contributed by atoms with Crippen LogP contribution in [0.1, 0.15) is 10.7 Å². The molecule has 0 unspecified atom stereocenters. The van der Waals surface area contributed by atoms with Crippen LogP contribution in [0, 0.1) is 6.92 Å². The highest BCUT2D eigenvalue weighted by atomic mass is 32.2. The molecule has 0 aliphatic rings. The van der Waals surface area contributed by atoms with Gasteiger partial charge in [0.05, 0.1) is 6.54 Å². The number of aromatic amines is 1. The van der Waals surface area contributed by atoms with E-state index in [0.29, 0.717) is 10.0 Å². The van der Waals surface area contributed by atoms with Crippen molar-refractivity contribution in [2.75, 3.05) is 7.05 Å². The fourth-order valence-electron chi connectivity index (χ4n) is 1.31. The molecular formula is C9H12N4O2S2. The summed E-state index contributed by atoms with van der Waals surface area (Å²) in [4.78, 5) is 4.87. The zero-order chi connectivity index (χ0) is 12.5. The highest BCUT2D eigenvalue weighted by molar-refractivity contribution is 7.91. The van der Waals surface area contributed by atoms with Gasteiger partial charge in [0, 0.05) is 11.9 Å². The van der Waals surface area contributed by atoms with E-state index in [-0.39, 0.29) is 6.54 Å². The second kappa shape index (κ2) is 4.55. The Hall–Kier alpha value is -1.25. The maximum atomic E-state index is 12.1. The smallest absolute Gasteiger partial charge is 0.252 e. The van der Waals surface area contributed by atoms with Crippen LogP contribution >= 0.6 is 11.3 Å². The molecule has 0 saturated heterocycles. The number of sulfonamides is 1. The summed E-state index contributed by atoms with van der Waals surface area (Å²) in [7, 11) is -1.91. The number of aromatic nitrogens is 3. The predicted octanol–water partition coefficient (Wildman–Crippen LogP) is 0.995. The predicted molar refractivity (Wildman–Crippen MR) is 64.1 cm³/mol. The molecule has 0 spiro atoms. The zero-order valence-corrected chi connectivity index (χ0v) is 11.0. The summed E-state index contributed by atoms with van der Waals surface area (Å²) < 4.78 is 25.9. The first kappa shape index (κ1) is 12.2. The third kappa shape index (κ3) is 2.54. The lowest BCUT2D eigenvalue weighted by molar-refractivity contribution is 0.459. The van der Waals surface area contributed by atoms with Gasteiger partial charge in [0.25, 0.3) is 10.0 Å². The van der Waals surface area contributed by atoms with Crippen molar-refractivity contribution < 1.29 is 8.42 Å². The summed E-state index contributed by atoms with van der Waals surface area (Å²) in [5.41, 5.74) is 0. The van der Waals surface area contributed by atoms with Gasteiger partial charge in [0.2, 0.25) is 0 Å². The Bertz CT molecular complexity index is 588. The molecule has 0 atom stereocenters. The van der Waals surface area contributed by atoms with Crippen molar-refractivity contribution in [2.45, 2.75) is 17.7 Å². The van der Waals surface area contributed by atoms with Gasteiger partial charge < -0.3 is 0 Å². The van der Waals surface area contributed by atoms with Crippen LogP contribution < -0.4 is 0 Å². The van der Waals surface area contributed by atoms with Gasteiger partial charge in [-0.1, -0.05) is 0 Å². The quantitative estimate of drug-likeness (QED) is 0.900. The SMILES string of the molecule is Cc1ccc(S(=O)(=O)N(C)Cc2ncn[nH]2)s1. The molecule has 0 bridgehead atoms. The Kier molecular flexibility index (Phi) is 3.27. The van der Waals surface area contributed by atoms with Gasteiger partial charge in [0.15, 0.2) is 0 Å². The van der Waals surface area contributed by atoms with Gasteiger partial charge in [-0.05, 0) is 19.1 Å². The standard InChI is InChI=1S/C9H12N4O2S2/c1-7-3-4-9(16-7)17(14,15)13(2)5-8-10-6-11-12-8/h3-4,6H,5H2,1-2H3,(H,10,11,12). The Balaban J connectivity index is 2.21.